The molecule has 0 saturated heterocycles. The van der Waals surface area contributed by atoms with Crippen molar-refractivity contribution in [3.8, 4) is 23.3 Å². The van der Waals surface area contributed by atoms with Crippen molar-refractivity contribution in [2.24, 2.45) is 0 Å². The van der Waals surface area contributed by atoms with Gasteiger partial charge in [-0.3, -0.25) is 4.79 Å². The van der Waals surface area contributed by atoms with E-state index in [1.54, 1.807) is 36.4 Å². The Bertz CT molecular complexity index is 888. The van der Waals surface area contributed by atoms with E-state index >= 15 is 0 Å². The van der Waals surface area contributed by atoms with E-state index < -0.39 is 5.91 Å². The lowest BCUT2D eigenvalue weighted by Crippen LogP contribution is -2.14. The Morgan fingerprint density at radius 2 is 1.69 bits per heavy atom. The number of halogens is 1. The summed E-state index contributed by atoms with van der Waals surface area (Å²) in [6.45, 7) is 0. The minimum Gasteiger partial charge on any atom is -0.495 e. The molecule has 0 bridgehead atoms. The second kappa shape index (κ2) is 8.92. The number of amides is 1. The fourth-order valence-electron chi connectivity index (χ4n) is 2.22. The molecule has 0 aliphatic rings. The summed E-state index contributed by atoms with van der Waals surface area (Å²) in [5.41, 5.74) is 1.02. The zero-order chi connectivity index (χ0) is 19.1. The van der Waals surface area contributed by atoms with E-state index in [4.69, 9.17) is 14.2 Å². The van der Waals surface area contributed by atoms with Gasteiger partial charge >= 0.3 is 0 Å². The molecule has 2 aromatic rings. The number of para-hydroxylation sites is 2. The van der Waals surface area contributed by atoms with Crippen LogP contribution in [0.2, 0.25) is 0 Å². The van der Waals surface area contributed by atoms with Crippen LogP contribution >= 0.6 is 15.9 Å². The number of ether oxygens (including phenoxy) is 3. The molecule has 0 aromatic heterocycles. The maximum atomic E-state index is 12.5. The minimum atomic E-state index is -0.543. The Morgan fingerprint density at radius 1 is 1.08 bits per heavy atom. The molecule has 7 heteroatoms. The van der Waals surface area contributed by atoms with E-state index in [9.17, 15) is 10.1 Å². The maximum Gasteiger partial charge on any atom is 0.266 e. The molecule has 0 heterocycles. The normalized spacial score (nSPS) is 10.7. The number of carbonyl (C=O) groups is 1. The molecular formula is C19H17BrN2O4. The Labute approximate surface area is 160 Å². The van der Waals surface area contributed by atoms with Crippen LogP contribution in [0.4, 0.5) is 5.69 Å². The first kappa shape index (κ1) is 19.3. The summed E-state index contributed by atoms with van der Waals surface area (Å²) in [4.78, 5) is 12.5. The van der Waals surface area contributed by atoms with Crippen molar-refractivity contribution >= 4 is 33.6 Å². The highest BCUT2D eigenvalue weighted by atomic mass is 79.9. The summed E-state index contributed by atoms with van der Waals surface area (Å²) < 4.78 is 16.3. The first-order valence-corrected chi connectivity index (χ1v) is 8.31. The number of anilines is 1. The Hall–Kier alpha value is -2.98. The highest BCUT2D eigenvalue weighted by molar-refractivity contribution is 9.10. The van der Waals surface area contributed by atoms with Crippen LogP contribution in [0.25, 0.3) is 6.08 Å². The smallest absolute Gasteiger partial charge is 0.266 e. The number of hydrogen-bond acceptors (Lipinski definition) is 5. The van der Waals surface area contributed by atoms with Gasteiger partial charge in [-0.05, 0) is 35.9 Å². The molecule has 1 N–H and O–H groups in total. The van der Waals surface area contributed by atoms with E-state index in [0.29, 0.717) is 33.0 Å². The van der Waals surface area contributed by atoms with Crippen LogP contribution in [-0.4, -0.2) is 27.2 Å². The summed E-state index contributed by atoms with van der Waals surface area (Å²) in [6.07, 6.45) is 1.47. The summed E-state index contributed by atoms with van der Waals surface area (Å²) >= 11 is 3.41. The third kappa shape index (κ3) is 4.35. The van der Waals surface area contributed by atoms with E-state index in [-0.39, 0.29) is 5.57 Å². The molecule has 0 saturated carbocycles. The lowest BCUT2D eigenvalue weighted by molar-refractivity contribution is -0.112. The molecule has 0 radical (unpaired) electrons. The van der Waals surface area contributed by atoms with Gasteiger partial charge in [0.05, 0.1) is 27.0 Å². The van der Waals surface area contributed by atoms with Gasteiger partial charge in [0.1, 0.15) is 17.4 Å². The molecular weight excluding hydrogens is 400 g/mol. The number of hydrogen-bond donors (Lipinski definition) is 1. The number of nitrogens with zero attached hydrogens (tertiary/aromatic N) is 1. The van der Waals surface area contributed by atoms with Crippen molar-refractivity contribution in [1.82, 2.24) is 0 Å². The molecule has 0 aliphatic carbocycles. The Balaban J connectivity index is 2.36. The fourth-order valence-corrected chi connectivity index (χ4v) is 2.66. The quantitative estimate of drug-likeness (QED) is 0.567. The number of carbonyl (C=O) groups excluding carboxylic acids is 1. The molecule has 26 heavy (non-hydrogen) atoms. The van der Waals surface area contributed by atoms with Crippen LogP contribution in [0.5, 0.6) is 17.2 Å². The van der Waals surface area contributed by atoms with Gasteiger partial charge in [0.15, 0.2) is 11.5 Å². The summed E-state index contributed by atoms with van der Waals surface area (Å²) in [7, 11) is 4.55. The Kier molecular flexibility index (Phi) is 6.64. The van der Waals surface area contributed by atoms with Crippen molar-refractivity contribution < 1.29 is 19.0 Å². The van der Waals surface area contributed by atoms with Crippen molar-refractivity contribution in [3.05, 3.63) is 52.0 Å². The number of rotatable bonds is 6. The minimum absolute atomic E-state index is 0.0659. The molecule has 0 unspecified atom stereocenters. The molecule has 0 spiro atoms. The molecule has 0 aliphatic heterocycles. The highest BCUT2D eigenvalue weighted by Gasteiger charge is 2.14. The summed E-state index contributed by atoms with van der Waals surface area (Å²) in [5.74, 6) is 0.988. The summed E-state index contributed by atoms with van der Waals surface area (Å²) in [6, 6.07) is 12.3. The van der Waals surface area contributed by atoms with Crippen molar-refractivity contribution in [2.45, 2.75) is 0 Å². The van der Waals surface area contributed by atoms with Gasteiger partial charge in [0, 0.05) is 4.47 Å². The average Bonchev–Trinajstić information content (AvgIpc) is 2.66. The SMILES string of the molecule is COc1ccccc1NC(=O)/C(C#N)=C/c1cc(OC)c(OC)cc1Br. The number of methoxy groups -OCH3 is 3. The van der Waals surface area contributed by atoms with Gasteiger partial charge in [-0.25, -0.2) is 0 Å². The van der Waals surface area contributed by atoms with Gasteiger partial charge in [-0.15, -0.1) is 0 Å². The van der Waals surface area contributed by atoms with Gasteiger partial charge in [0.2, 0.25) is 0 Å². The summed E-state index contributed by atoms with van der Waals surface area (Å²) in [5, 5.41) is 12.1. The van der Waals surface area contributed by atoms with E-state index in [2.05, 4.69) is 21.2 Å². The topological polar surface area (TPSA) is 80.6 Å². The first-order valence-electron chi connectivity index (χ1n) is 7.51. The third-order valence-electron chi connectivity index (χ3n) is 3.52. The predicted octanol–water partition coefficient (Wildman–Crippen LogP) is 4.02. The lowest BCUT2D eigenvalue weighted by atomic mass is 10.1. The van der Waals surface area contributed by atoms with Gasteiger partial charge in [-0.2, -0.15) is 5.26 Å². The van der Waals surface area contributed by atoms with E-state index in [0.717, 1.165) is 0 Å². The van der Waals surface area contributed by atoms with Gasteiger partial charge in [0.25, 0.3) is 5.91 Å². The molecule has 0 atom stereocenters. The highest BCUT2D eigenvalue weighted by Crippen LogP contribution is 2.34. The number of benzene rings is 2. The van der Waals surface area contributed by atoms with Crippen molar-refractivity contribution in [3.63, 3.8) is 0 Å². The Morgan fingerprint density at radius 3 is 2.31 bits per heavy atom. The number of nitriles is 1. The molecule has 1 amide bonds. The second-order valence-electron chi connectivity index (χ2n) is 5.05. The standard InChI is InChI=1S/C19H17BrN2O4/c1-24-16-7-5-4-6-15(16)22-19(23)13(11-21)8-12-9-17(25-2)18(26-3)10-14(12)20/h4-10H,1-3H3,(H,22,23)/b13-8+. The van der Waals surface area contributed by atoms with Crippen LogP contribution in [0.3, 0.4) is 0 Å². The van der Waals surface area contributed by atoms with Crippen LogP contribution in [0.15, 0.2) is 46.4 Å². The maximum absolute atomic E-state index is 12.5. The zero-order valence-electron chi connectivity index (χ0n) is 14.5. The van der Waals surface area contributed by atoms with Crippen LogP contribution < -0.4 is 19.5 Å². The first-order chi connectivity index (χ1) is 12.5. The molecule has 6 nitrogen and oxygen atoms in total. The van der Waals surface area contributed by atoms with Crippen molar-refractivity contribution in [1.29, 1.82) is 5.26 Å². The van der Waals surface area contributed by atoms with Gasteiger partial charge in [-0.1, -0.05) is 28.1 Å². The van der Waals surface area contributed by atoms with E-state index in [1.807, 2.05) is 6.07 Å². The largest absolute Gasteiger partial charge is 0.495 e. The van der Waals surface area contributed by atoms with Gasteiger partial charge < -0.3 is 19.5 Å². The third-order valence-corrected chi connectivity index (χ3v) is 4.21. The molecule has 134 valence electrons. The molecule has 2 rings (SSSR count). The van der Waals surface area contributed by atoms with Crippen molar-refractivity contribution in [2.75, 3.05) is 26.6 Å². The molecule has 2 aromatic carbocycles. The van der Waals surface area contributed by atoms with Crippen LogP contribution in [0, 0.1) is 11.3 Å². The van der Waals surface area contributed by atoms with Crippen LogP contribution in [0.1, 0.15) is 5.56 Å². The molecule has 0 fully saturated rings. The average molecular weight is 417 g/mol. The second-order valence-corrected chi connectivity index (χ2v) is 5.91. The monoisotopic (exact) mass is 416 g/mol. The van der Waals surface area contributed by atoms with E-state index in [1.165, 1.54) is 27.4 Å². The van der Waals surface area contributed by atoms with Crippen LogP contribution in [-0.2, 0) is 4.79 Å². The fraction of sp³-hybridized carbons (Fsp3) is 0.158. The zero-order valence-corrected chi connectivity index (χ0v) is 16.1. The predicted molar refractivity (Wildman–Crippen MR) is 102 cm³/mol. The lowest BCUT2D eigenvalue weighted by Gasteiger charge is -2.11. The number of nitrogens with one attached hydrogen (secondary N) is 1.